The van der Waals surface area contributed by atoms with Gasteiger partial charge in [0, 0.05) is 13.2 Å². The van der Waals surface area contributed by atoms with E-state index in [1.54, 1.807) is 30.1 Å². The van der Waals surface area contributed by atoms with E-state index in [1.807, 2.05) is 37.4 Å². The standard InChI is InChI=1S/C18H20N4OS/c1-22-16-9-4-3-7-13(16)20-17(22)14(10-12-24-2)21-18(23)15-8-5-6-11-19-15/h3-9,11,14H,10,12H2,1-2H3,(H,21,23)/t14-/m1/s1. The lowest BCUT2D eigenvalue weighted by Crippen LogP contribution is -2.31. The van der Waals surface area contributed by atoms with Crippen molar-refractivity contribution in [2.24, 2.45) is 7.05 Å². The van der Waals surface area contributed by atoms with Crippen LogP contribution in [0.1, 0.15) is 28.8 Å². The Morgan fingerprint density at radius 2 is 2.04 bits per heavy atom. The van der Waals surface area contributed by atoms with E-state index >= 15 is 0 Å². The van der Waals surface area contributed by atoms with Gasteiger partial charge in [-0.3, -0.25) is 9.78 Å². The van der Waals surface area contributed by atoms with Gasteiger partial charge >= 0.3 is 0 Å². The van der Waals surface area contributed by atoms with Crippen LogP contribution >= 0.6 is 11.8 Å². The van der Waals surface area contributed by atoms with Crippen LogP contribution in [0.25, 0.3) is 11.0 Å². The third-order valence-corrected chi connectivity index (χ3v) is 4.59. The molecule has 124 valence electrons. The molecule has 1 aromatic carbocycles. The number of hydrogen-bond donors (Lipinski definition) is 1. The highest BCUT2D eigenvalue weighted by molar-refractivity contribution is 7.98. The minimum absolute atomic E-state index is 0.149. The average Bonchev–Trinajstić information content (AvgIpc) is 2.96. The van der Waals surface area contributed by atoms with Crippen molar-refractivity contribution >= 4 is 28.7 Å². The van der Waals surface area contributed by atoms with E-state index in [1.165, 1.54) is 0 Å². The fourth-order valence-corrected chi connectivity index (χ4v) is 3.18. The van der Waals surface area contributed by atoms with Gasteiger partial charge in [-0.25, -0.2) is 4.98 Å². The van der Waals surface area contributed by atoms with Gasteiger partial charge in [0.1, 0.15) is 11.5 Å². The number of fused-ring (bicyclic) bond motifs is 1. The summed E-state index contributed by atoms with van der Waals surface area (Å²) in [6.07, 6.45) is 4.50. The molecule has 24 heavy (non-hydrogen) atoms. The predicted molar refractivity (Wildman–Crippen MR) is 98.2 cm³/mol. The van der Waals surface area contributed by atoms with Crippen LogP contribution in [-0.4, -0.2) is 32.5 Å². The van der Waals surface area contributed by atoms with E-state index in [0.29, 0.717) is 5.69 Å². The third kappa shape index (κ3) is 3.43. The number of amides is 1. The first-order valence-corrected chi connectivity index (χ1v) is 9.22. The molecule has 2 heterocycles. The normalized spacial score (nSPS) is 12.2. The van der Waals surface area contributed by atoms with E-state index in [2.05, 4.69) is 21.1 Å². The Labute approximate surface area is 145 Å². The zero-order valence-corrected chi connectivity index (χ0v) is 14.6. The topological polar surface area (TPSA) is 59.8 Å². The van der Waals surface area contributed by atoms with Crippen LogP contribution in [-0.2, 0) is 7.05 Å². The Balaban J connectivity index is 1.90. The molecule has 1 atom stereocenters. The van der Waals surface area contributed by atoms with Gasteiger partial charge in [-0.05, 0) is 42.7 Å². The van der Waals surface area contributed by atoms with Gasteiger partial charge in [-0.1, -0.05) is 18.2 Å². The number of pyridine rings is 1. The molecule has 0 saturated carbocycles. The minimum atomic E-state index is -0.172. The molecule has 0 unspecified atom stereocenters. The van der Waals surface area contributed by atoms with Crippen LogP contribution in [0, 0.1) is 0 Å². The van der Waals surface area contributed by atoms with Crippen LogP contribution in [0.15, 0.2) is 48.7 Å². The molecule has 3 aromatic rings. The Morgan fingerprint density at radius 1 is 1.25 bits per heavy atom. The first kappa shape index (κ1) is 16.5. The molecule has 0 aliphatic heterocycles. The first-order chi connectivity index (χ1) is 11.7. The van der Waals surface area contributed by atoms with Gasteiger partial charge in [0.15, 0.2) is 0 Å². The van der Waals surface area contributed by atoms with Gasteiger partial charge in [0.05, 0.1) is 17.1 Å². The number of imidazole rings is 1. The Hall–Kier alpha value is -2.34. The summed E-state index contributed by atoms with van der Waals surface area (Å²) in [4.78, 5) is 21.4. The number of aromatic nitrogens is 3. The molecule has 0 bridgehead atoms. The summed E-state index contributed by atoms with van der Waals surface area (Å²) >= 11 is 1.76. The molecular weight excluding hydrogens is 320 g/mol. The molecular formula is C18H20N4OS. The van der Waals surface area contributed by atoms with Gasteiger partial charge in [0.2, 0.25) is 0 Å². The Morgan fingerprint density at radius 3 is 2.75 bits per heavy atom. The van der Waals surface area contributed by atoms with Gasteiger partial charge in [0.25, 0.3) is 5.91 Å². The molecule has 1 amide bonds. The molecule has 1 N–H and O–H groups in total. The summed E-state index contributed by atoms with van der Waals surface area (Å²) in [6.45, 7) is 0. The molecule has 0 fully saturated rings. The van der Waals surface area contributed by atoms with Crippen molar-refractivity contribution in [3.8, 4) is 0 Å². The summed E-state index contributed by atoms with van der Waals surface area (Å²) in [6, 6.07) is 13.2. The number of benzene rings is 1. The lowest BCUT2D eigenvalue weighted by Gasteiger charge is -2.18. The summed E-state index contributed by atoms with van der Waals surface area (Å²) in [5.74, 6) is 1.64. The number of carbonyl (C=O) groups is 1. The monoisotopic (exact) mass is 340 g/mol. The second kappa shape index (κ2) is 7.49. The molecule has 5 nitrogen and oxygen atoms in total. The van der Waals surface area contributed by atoms with E-state index in [-0.39, 0.29) is 11.9 Å². The molecule has 6 heteroatoms. The average molecular weight is 340 g/mol. The number of aryl methyl sites for hydroxylation is 1. The van der Waals surface area contributed by atoms with Crippen LogP contribution in [0.5, 0.6) is 0 Å². The maximum atomic E-state index is 12.5. The molecule has 3 rings (SSSR count). The van der Waals surface area contributed by atoms with E-state index in [0.717, 1.165) is 29.0 Å². The van der Waals surface area contributed by atoms with Crippen molar-refractivity contribution in [1.29, 1.82) is 0 Å². The van der Waals surface area contributed by atoms with E-state index in [9.17, 15) is 4.79 Å². The van der Waals surface area contributed by atoms with Gasteiger partial charge in [-0.2, -0.15) is 11.8 Å². The van der Waals surface area contributed by atoms with Crippen molar-refractivity contribution < 1.29 is 4.79 Å². The number of hydrogen-bond acceptors (Lipinski definition) is 4. The number of rotatable bonds is 6. The highest BCUT2D eigenvalue weighted by Gasteiger charge is 2.21. The summed E-state index contributed by atoms with van der Waals surface area (Å²) in [7, 11) is 1.99. The minimum Gasteiger partial charge on any atom is -0.341 e. The van der Waals surface area contributed by atoms with Crippen molar-refractivity contribution in [3.05, 3.63) is 60.2 Å². The largest absolute Gasteiger partial charge is 0.341 e. The second-order valence-electron chi connectivity index (χ2n) is 5.54. The van der Waals surface area contributed by atoms with Crippen molar-refractivity contribution in [2.75, 3.05) is 12.0 Å². The Bertz CT molecular complexity index is 831. The lowest BCUT2D eigenvalue weighted by molar-refractivity contribution is 0.0928. The summed E-state index contributed by atoms with van der Waals surface area (Å²) < 4.78 is 2.05. The first-order valence-electron chi connectivity index (χ1n) is 7.83. The van der Waals surface area contributed by atoms with Gasteiger partial charge < -0.3 is 9.88 Å². The van der Waals surface area contributed by atoms with Gasteiger partial charge in [-0.15, -0.1) is 0 Å². The summed E-state index contributed by atoms with van der Waals surface area (Å²) in [5.41, 5.74) is 2.43. The SMILES string of the molecule is CSCC[C@@H](NC(=O)c1ccccn1)c1nc2ccccc2n1C. The van der Waals surface area contributed by atoms with Crippen LogP contribution in [0.3, 0.4) is 0 Å². The summed E-state index contributed by atoms with van der Waals surface area (Å²) in [5, 5.41) is 3.09. The van der Waals surface area contributed by atoms with Crippen LogP contribution in [0.2, 0.25) is 0 Å². The number of para-hydroxylation sites is 2. The zero-order valence-electron chi connectivity index (χ0n) is 13.8. The molecule has 0 aliphatic carbocycles. The molecule has 0 saturated heterocycles. The maximum Gasteiger partial charge on any atom is 0.270 e. The van der Waals surface area contributed by atoms with Crippen LogP contribution in [0.4, 0.5) is 0 Å². The number of nitrogens with zero attached hydrogens (tertiary/aromatic N) is 3. The molecule has 0 radical (unpaired) electrons. The lowest BCUT2D eigenvalue weighted by atomic mass is 10.2. The highest BCUT2D eigenvalue weighted by Crippen LogP contribution is 2.23. The van der Waals surface area contributed by atoms with Crippen molar-refractivity contribution in [1.82, 2.24) is 19.9 Å². The molecule has 2 aromatic heterocycles. The van der Waals surface area contributed by atoms with E-state index < -0.39 is 0 Å². The number of carbonyl (C=O) groups excluding carboxylic acids is 1. The van der Waals surface area contributed by atoms with E-state index in [4.69, 9.17) is 4.98 Å². The smallest absolute Gasteiger partial charge is 0.270 e. The third-order valence-electron chi connectivity index (χ3n) is 3.95. The number of thioether (sulfide) groups is 1. The van der Waals surface area contributed by atoms with Crippen LogP contribution < -0.4 is 5.32 Å². The highest BCUT2D eigenvalue weighted by atomic mass is 32.2. The quantitative estimate of drug-likeness (QED) is 0.749. The Kier molecular flexibility index (Phi) is 5.15. The maximum absolute atomic E-state index is 12.5. The number of nitrogens with one attached hydrogen (secondary N) is 1. The van der Waals surface area contributed by atoms with Crippen molar-refractivity contribution in [2.45, 2.75) is 12.5 Å². The second-order valence-corrected chi connectivity index (χ2v) is 6.53. The fraction of sp³-hybridized carbons (Fsp3) is 0.278. The van der Waals surface area contributed by atoms with Crippen molar-refractivity contribution in [3.63, 3.8) is 0 Å². The predicted octanol–water partition coefficient (Wildman–Crippen LogP) is 3.19. The molecule has 0 spiro atoms. The fourth-order valence-electron chi connectivity index (χ4n) is 2.71. The zero-order chi connectivity index (χ0) is 16.9. The molecule has 0 aliphatic rings.